The summed E-state index contributed by atoms with van der Waals surface area (Å²) in [5.74, 6) is 2.50. The minimum absolute atomic E-state index is 0.696. The summed E-state index contributed by atoms with van der Waals surface area (Å²) < 4.78 is 11.8. The molecule has 2 aromatic rings. The molecule has 0 N–H and O–H groups in total. The van der Waals surface area contributed by atoms with E-state index in [4.69, 9.17) is 14.1 Å². The van der Waals surface area contributed by atoms with Gasteiger partial charge < -0.3 is 9.15 Å². The molecule has 0 radical (unpaired) electrons. The number of nitrogens with zero attached hydrogens (tertiary/aromatic N) is 2. The Labute approximate surface area is 188 Å². The topological polar surface area (TPSA) is 38.5 Å². The van der Waals surface area contributed by atoms with Crippen molar-refractivity contribution in [2.75, 3.05) is 19.7 Å². The molecule has 0 amide bonds. The Bertz CT molecular complexity index is 760. The number of aromatic nitrogens is 1. The molecule has 0 bridgehead atoms. The van der Waals surface area contributed by atoms with Crippen molar-refractivity contribution < 1.29 is 9.15 Å². The van der Waals surface area contributed by atoms with Crippen LogP contribution in [0.25, 0.3) is 11.5 Å². The predicted molar refractivity (Wildman–Crippen MR) is 126 cm³/mol. The van der Waals surface area contributed by atoms with Crippen LogP contribution in [0.15, 0.2) is 34.9 Å². The average molecular weight is 425 g/mol. The third-order valence-corrected chi connectivity index (χ3v) is 7.27. The lowest BCUT2D eigenvalue weighted by Gasteiger charge is -2.20. The highest BCUT2D eigenvalue weighted by atomic mass is 16.5. The van der Waals surface area contributed by atoms with Gasteiger partial charge in [-0.2, -0.15) is 0 Å². The molecular weight excluding hydrogens is 384 g/mol. The van der Waals surface area contributed by atoms with Gasteiger partial charge in [-0.1, -0.05) is 51.4 Å². The number of aryl methyl sites for hydroxylation is 1. The highest BCUT2D eigenvalue weighted by Gasteiger charge is 2.19. The molecule has 1 aliphatic carbocycles. The fourth-order valence-corrected chi connectivity index (χ4v) is 5.21. The molecule has 1 saturated carbocycles. The van der Waals surface area contributed by atoms with Gasteiger partial charge in [0.25, 0.3) is 0 Å². The van der Waals surface area contributed by atoms with Crippen molar-refractivity contribution in [2.24, 2.45) is 5.92 Å². The molecule has 1 atom stereocenters. The maximum Gasteiger partial charge on any atom is 0.226 e. The number of oxazole rings is 1. The molecule has 2 aliphatic rings. The molecule has 1 unspecified atom stereocenters. The zero-order valence-electron chi connectivity index (χ0n) is 19.4. The Kier molecular flexibility index (Phi) is 8.46. The molecule has 1 aliphatic heterocycles. The molecule has 4 nitrogen and oxygen atoms in total. The van der Waals surface area contributed by atoms with Gasteiger partial charge in [0.2, 0.25) is 5.89 Å². The Balaban J connectivity index is 1.23. The van der Waals surface area contributed by atoms with Crippen LogP contribution in [0.1, 0.15) is 83.2 Å². The standard InChI is InChI=1S/C27H40N2O2/c1-22-9-8-18-29(22)19-20-30-26-16-13-24(14-17-26)27-28-25(21-31-27)15-12-23-10-6-4-2-3-5-7-11-23/h13-14,16-17,21-23H,2-12,15,18-20H2,1H3. The monoisotopic (exact) mass is 424 g/mol. The molecular formula is C27H40N2O2. The summed E-state index contributed by atoms with van der Waals surface area (Å²) in [5, 5.41) is 0. The summed E-state index contributed by atoms with van der Waals surface area (Å²) in [6, 6.07) is 8.87. The van der Waals surface area contributed by atoms with Gasteiger partial charge in [0.15, 0.2) is 0 Å². The first kappa shape index (κ1) is 22.4. The summed E-state index contributed by atoms with van der Waals surface area (Å²) in [6.45, 7) is 5.27. The van der Waals surface area contributed by atoms with Gasteiger partial charge in [0, 0.05) is 18.2 Å². The first-order chi connectivity index (χ1) is 15.3. The van der Waals surface area contributed by atoms with Gasteiger partial charge in [0.1, 0.15) is 18.6 Å². The third kappa shape index (κ3) is 6.83. The second-order valence-electron chi connectivity index (χ2n) is 9.65. The summed E-state index contributed by atoms with van der Waals surface area (Å²) in [5.41, 5.74) is 2.11. The van der Waals surface area contributed by atoms with Crippen molar-refractivity contribution in [3.05, 3.63) is 36.2 Å². The normalized spacial score (nSPS) is 21.5. The van der Waals surface area contributed by atoms with E-state index in [0.29, 0.717) is 6.04 Å². The van der Waals surface area contributed by atoms with E-state index >= 15 is 0 Å². The smallest absolute Gasteiger partial charge is 0.226 e. The number of likely N-dealkylation sites (tertiary alicyclic amines) is 1. The fourth-order valence-electron chi connectivity index (χ4n) is 5.21. The lowest BCUT2D eigenvalue weighted by Crippen LogP contribution is -2.31. The van der Waals surface area contributed by atoms with Crippen LogP contribution >= 0.6 is 0 Å². The molecule has 0 spiro atoms. The van der Waals surface area contributed by atoms with Gasteiger partial charge in [-0.3, -0.25) is 4.90 Å². The zero-order valence-corrected chi connectivity index (χ0v) is 19.4. The van der Waals surface area contributed by atoms with Gasteiger partial charge in [-0.15, -0.1) is 0 Å². The zero-order chi connectivity index (χ0) is 21.3. The van der Waals surface area contributed by atoms with Crippen LogP contribution in [-0.2, 0) is 6.42 Å². The van der Waals surface area contributed by atoms with Crippen LogP contribution < -0.4 is 4.74 Å². The second kappa shape index (κ2) is 11.7. The molecule has 4 rings (SSSR count). The van der Waals surface area contributed by atoms with E-state index in [1.165, 1.54) is 77.2 Å². The van der Waals surface area contributed by atoms with E-state index in [9.17, 15) is 0 Å². The van der Waals surface area contributed by atoms with Crippen molar-refractivity contribution in [3.8, 4) is 17.2 Å². The van der Waals surface area contributed by atoms with Crippen LogP contribution in [0.5, 0.6) is 5.75 Å². The van der Waals surface area contributed by atoms with E-state index in [0.717, 1.165) is 48.4 Å². The highest BCUT2D eigenvalue weighted by molar-refractivity contribution is 5.54. The maximum atomic E-state index is 5.95. The molecule has 2 fully saturated rings. The maximum absolute atomic E-state index is 5.95. The van der Waals surface area contributed by atoms with Crippen LogP contribution in [-0.4, -0.2) is 35.6 Å². The third-order valence-electron chi connectivity index (χ3n) is 7.27. The highest BCUT2D eigenvalue weighted by Crippen LogP contribution is 2.27. The largest absolute Gasteiger partial charge is 0.492 e. The Hall–Kier alpha value is -1.81. The van der Waals surface area contributed by atoms with E-state index in [2.05, 4.69) is 24.0 Å². The molecule has 2 heterocycles. The van der Waals surface area contributed by atoms with E-state index in [1.54, 1.807) is 0 Å². The quantitative estimate of drug-likeness (QED) is 0.462. The summed E-state index contributed by atoms with van der Waals surface area (Å²) in [4.78, 5) is 7.28. The van der Waals surface area contributed by atoms with Crippen molar-refractivity contribution in [2.45, 2.75) is 90.0 Å². The second-order valence-corrected chi connectivity index (χ2v) is 9.65. The summed E-state index contributed by atoms with van der Waals surface area (Å²) >= 11 is 0. The fraction of sp³-hybridized carbons (Fsp3) is 0.667. The predicted octanol–water partition coefficient (Wildman–Crippen LogP) is 6.89. The number of benzene rings is 1. The van der Waals surface area contributed by atoms with Crippen LogP contribution in [0.3, 0.4) is 0 Å². The first-order valence-electron chi connectivity index (χ1n) is 12.7. The number of rotatable bonds is 8. The van der Waals surface area contributed by atoms with Gasteiger partial charge >= 0.3 is 0 Å². The van der Waals surface area contributed by atoms with Crippen molar-refractivity contribution in [3.63, 3.8) is 0 Å². The molecule has 1 aromatic heterocycles. The Morgan fingerprint density at radius 3 is 2.42 bits per heavy atom. The molecule has 31 heavy (non-hydrogen) atoms. The molecule has 4 heteroatoms. The Morgan fingerprint density at radius 1 is 0.968 bits per heavy atom. The van der Waals surface area contributed by atoms with E-state index < -0.39 is 0 Å². The minimum Gasteiger partial charge on any atom is -0.492 e. The minimum atomic E-state index is 0.696. The number of ether oxygens (including phenoxy) is 1. The van der Waals surface area contributed by atoms with Crippen molar-refractivity contribution >= 4 is 0 Å². The van der Waals surface area contributed by atoms with Gasteiger partial charge in [-0.25, -0.2) is 4.98 Å². The lowest BCUT2D eigenvalue weighted by molar-refractivity contribution is 0.204. The first-order valence-corrected chi connectivity index (χ1v) is 12.7. The number of hydrogen-bond acceptors (Lipinski definition) is 4. The van der Waals surface area contributed by atoms with E-state index in [1.807, 2.05) is 18.4 Å². The summed E-state index contributed by atoms with van der Waals surface area (Å²) in [6.07, 6.45) is 18.0. The Morgan fingerprint density at radius 2 is 1.71 bits per heavy atom. The molecule has 170 valence electrons. The lowest BCUT2D eigenvalue weighted by atomic mass is 9.92. The SMILES string of the molecule is CC1CCCN1CCOc1ccc(-c2nc(CCC3CCCCCCCC3)co2)cc1. The average Bonchev–Trinajstić information content (AvgIpc) is 3.44. The van der Waals surface area contributed by atoms with Crippen LogP contribution in [0, 0.1) is 5.92 Å². The number of hydrogen-bond donors (Lipinski definition) is 0. The summed E-state index contributed by atoms with van der Waals surface area (Å²) in [7, 11) is 0. The van der Waals surface area contributed by atoms with Crippen LogP contribution in [0.4, 0.5) is 0 Å². The van der Waals surface area contributed by atoms with Crippen LogP contribution in [0.2, 0.25) is 0 Å². The van der Waals surface area contributed by atoms with Gasteiger partial charge in [0.05, 0.1) is 5.69 Å². The van der Waals surface area contributed by atoms with Crippen molar-refractivity contribution in [1.29, 1.82) is 0 Å². The van der Waals surface area contributed by atoms with Crippen molar-refractivity contribution in [1.82, 2.24) is 9.88 Å². The molecule has 1 saturated heterocycles. The van der Waals surface area contributed by atoms with Gasteiger partial charge in [-0.05, 0) is 69.3 Å². The van der Waals surface area contributed by atoms with E-state index in [-0.39, 0.29) is 0 Å². The molecule has 1 aromatic carbocycles.